The number of halogens is 1. The van der Waals surface area contributed by atoms with Crippen LogP contribution in [-0.2, 0) is 18.3 Å². The lowest BCUT2D eigenvalue weighted by Gasteiger charge is -2.15. The van der Waals surface area contributed by atoms with E-state index in [1.54, 1.807) is 23.0 Å². The van der Waals surface area contributed by atoms with Crippen molar-refractivity contribution < 1.29 is 13.9 Å². The molecular formula is C16H20FN3O2. The lowest BCUT2D eigenvalue weighted by Crippen LogP contribution is -2.33. The standard InChI is InChI=1S/C16H20FN3O2/c1-12(22-15-6-4-14(17)5-7-15)9-18-16(21)8-3-13-10-19-20(2)11-13/h4-7,10-12H,3,8-9H2,1-2H3,(H,18,21). The molecule has 22 heavy (non-hydrogen) atoms. The number of nitrogens with zero attached hydrogens (tertiary/aromatic N) is 2. The van der Waals surface area contributed by atoms with E-state index >= 15 is 0 Å². The molecule has 0 saturated carbocycles. The Balaban J connectivity index is 1.68. The van der Waals surface area contributed by atoms with Crippen LogP contribution >= 0.6 is 0 Å². The summed E-state index contributed by atoms with van der Waals surface area (Å²) >= 11 is 0. The Labute approximate surface area is 129 Å². The quantitative estimate of drug-likeness (QED) is 0.852. The molecule has 0 aliphatic heterocycles. The lowest BCUT2D eigenvalue weighted by atomic mass is 10.2. The average Bonchev–Trinajstić information content (AvgIpc) is 2.91. The summed E-state index contributed by atoms with van der Waals surface area (Å²) in [7, 11) is 1.85. The van der Waals surface area contributed by atoms with Crippen molar-refractivity contribution in [2.45, 2.75) is 25.9 Å². The molecule has 0 saturated heterocycles. The van der Waals surface area contributed by atoms with Gasteiger partial charge >= 0.3 is 0 Å². The minimum atomic E-state index is -0.302. The van der Waals surface area contributed by atoms with Crippen LogP contribution in [0.3, 0.4) is 0 Å². The fourth-order valence-corrected chi connectivity index (χ4v) is 1.99. The summed E-state index contributed by atoms with van der Waals surface area (Å²) in [6, 6.07) is 5.81. The molecule has 0 aliphatic carbocycles. The molecule has 1 amide bonds. The number of carbonyl (C=O) groups excluding carboxylic acids is 1. The van der Waals surface area contributed by atoms with Gasteiger partial charge in [-0.25, -0.2) is 4.39 Å². The molecule has 2 rings (SSSR count). The van der Waals surface area contributed by atoms with Crippen LogP contribution in [0, 0.1) is 5.82 Å². The molecular weight excluding hydrogens is 285 g/mol. The van der Waals surface area contributed by atoms with Gasteiger partial charge in [0.05, 0.1) is 12.7 Å². The van der Waals surface area contributed by atoms with Gasteiger partial charge in [-0.1, -0.05) is 0 Å². The van der Waals surface area contributed by atoms with Gasteiger partial charge in [0.1, 0.15) is 17.7 Å². The van der Waals surface area contributed by atoms with Crippen LogP contribution in [0.15, 0.2) is 36.7 Å². The maximum atomic E-state index is 12.8. The number of carbonyl (C=O) groups is 1. The van der Waals surface area contributed by atoms with Gasteiger partial charge in [-0.05, 0) is 43.2 Å². The number of aromatic nitrogens is 2. The first kappa shape index (κ1) is 16.0. The normalized spacial score (nSPS) is 12.0. The van der Waals surface area contributed by atoms with Crippen LogP contribution in [0.25, 0.3) is 0 Å². The van der Waals surface area contributed by atoms with Crippen molar-refractivity contribution in [3.63, 3.8) is 0 Å². The Bertz CT molecular complexity index is 610. The van der Waals surface area contributed by atoms with Crippen molar-refractivity contribution in [3.8, 4) is 5.75 Å². The summed E-state index contributed by atoms with van der Waals surface area (Å²) < 4.78 is 20.1. The molecule has 5 nitrogen and oxygen atoms in total. The van der Waals surface area contributed by atoms with E-state index in [1.165, 1.54) is 12.1 Å². The summed E-state index contributed by atoms with van der Waals surface area (Å²) in [6.45, 7) is 2.26. The number of rotatable bonds is 7. The summed E-state index contributed by atoms with van der Waals surface area (Å²) in [5, 5.41) is 6.89. The Morgan fingerprint density at radius 2 is 2.14 bits per heavy atom. The predicted molar refractivity (Wildman–Crippen MR) is 81.0 cm³/mol. The van der Waals surface area contributed by atoms with Crippen LogP contribution < -0.4 is 10.1 Å². The number of ether oxygens (including phenoxy) is 1. The second-order valence-corrected chi connectivity index (χ2v) is 5.21. The van der Waals surface area contributed by atoms with E-state index in [0.717, 1.165) is 5.56 Å². The van der Waals surface area contributed by atoms with Crippen LogP contribution in [0.4, 0.5) is 4.39 Å². The van der Waals surface area contributed by atoms with Crippen molar-refractivity contribution in [1.29, 1.82) is 0 Å². The summed E-state index contributed by atoms with van der Waals surface area (Å²) in [5.41, 5.74) is 1.04. The van der Waals surface area contributed by atoms with E-state index < -0.39 is 0 Å². The maximum Gasteiger partial charge on any atom is 0.220 e. The number of benzene rings is 1. The second-order valence-electron chi connectivity index (χ2n) is 5.21. The highest BCUT2D eigenvalue weighted by molar-refractivity contribution is 5.76. The van der Waals surface area contributed by atoms with E-state index in [9.17, 15) is 9.18 Å². The van der Waals surface area contributed by atoms with Crippen molar-refractivity contribution >= 4 is 5.91 Å². The van der Waals surface area contributed by atoms with E-state index in [-0.39, 0.29) is 17.8 Å². The number of hydrogen-bond acceptors (Lipinski definition) is 3. The van der Waals surface area contributed by atoms with Gasteiger partial charge in [-0.2, -0.15) is 5.10 Å². The number of aryl methyl sites for hydroxylation is 2. The SMILES string of the molecule is CC(CNC(=O)CCc1cnn(C)c1)Oc1ccc(F)cc1. The average molecular weight is 305 g/mol. The van der Waals surface area contributed by atoms with Crippen LogP contribution in [0.5, 0.6) is 5.75 Å². The predicted octanol–water partition coefficient (Wildman–Crippen LogP) is 2.08. The van der Waals surface area contributed by atoms with Gasteiger partial charge in [0.15, 0.2) is 0 Å². The van der Waals surface area contributed by atoms with Crippen molar-refractivity contribution in [2.24, 2.45) is 7.05 Å². The Morgan fingerprint density at radius 1 is 1.41 bits per heavy atom. The molecule has 1 aromatic heterocycles. The summed E-state index contributed by atoms with van der Waals surface area (Å²) in [6.07, 6.45) is 4.54. The summed E-state index contributed by atoms with van der Waals surface area (Å²) in [4.78, 5) is 11.8. The van der Waals surface area contributed by atoms with Gasteiger partial charge in [0.25, 0.3) is 0 Å². The fourth-order valence-electron chi connectivity index (χ4n) is 1.99. The van der Waals surface area contributed by atoms with E-state index in [2.05, 4.69) is 10.4 Å². The molecule has 0 fully saturated rings. The number of amides is 1. The van der Waals surface area contributed by atoms with E-state index in [4.69, 9.17) is 4.74 Å². The van der Waals surface area contributed by atoms with Gasteiger partial charge in [0.2, 0.25) is 5.91 Å². The molecule has 1 atom stereocenters. The molecule has 1 aromatic carbocycles. The molecule has 2 aromatic rings. The Morgan fingerprint density at radius 3 is 2.77 bits per heavy atom. The summed E-state index contributed by atoms with van der Waals surface area (Å²) in [5.74, 6) is 0.251. The Kier molecular flexibility index (Phi) is 5.52. The zero-order valence-corrected chi connectivity index (χ0v) is 12.8. The number of nitrogens with one attached hydrogen (secondary N) is 1. The molecule has 118 valence electrons. The highest BCUT2D eigenvalue weighted by Crippen LogP contribution is 2.12. The highest BCUT2D eigenvalue weighted by atomic mass is 19.1. The topological polar surface area (TPSA) is 56.2 Å². The van der Waals surface area contributed by atoms with Crippen LogP contribution in [0.1, 0.15) is 18.9 Å². The van der Waals surface area contributed by atoms with Crippen molar-refractivity contribution in [3.05, 3.63) is 48.0 Å². The third kappa shape index (κ3) is 5.20. The van der Waals surface area contributed by atoms with E-state index in [0.29, 0.717) is 25.1 Å². The van der Waals surface area contributed by atoms with Crippen LogP contribution in [0.2, 0.25) is 0 Å². The molecule has 0 spiro atoms. The molecule has 0 aliphatic rings. The second kappa shape index (κ2) is 7.59. The molecule has 1 N–H and O–H groups in total. The third-order valence-electron chi connectivity index (χ3n) is 3.14. The van der Waals surface area contributed by atoms with Crippen molar-refractivity contribution in [1.82, 2.24) is 15.1 Å². The van der Waals surface area contributed by atoms with E-state index in [1.807, 2.05) is 20.2 Å². The maximum absolute atomic E-state index is 12.8. The molecule has 0 radical (unpaired) electrons. The smallest absolute Gasteiger partial charge is 0.220 e. The van der Waals surface area contributed by atoms with Crippen LogP contribution in [-0.4, -0.2) is 28.3 Å². The molecule has 1 unspecified atom stereocenters. The minimum Gasteiger partial charge on any atom is -0.489 e. The van der Waals surface area contributed by atoms with Gasteiger partial charge in [0, 0.05) is 19.7 Å². The highest BCUT2D eigenvalue weighted by Gasteiger charge is 2.08. The molecule has 1 heterocycles. The van der Waals surface area contributed by atoms with Gasteiger partial charge in [-0.3, -0.25) is 9.48 Å². The van der Waals surface area contributed by atoms with Crippen molar-refractivity contribution in [2.75, 3.05) is 6.54 Å². The monoisotopic (exact) mass is 305 g/mol. The first-order valence-electron chi connectivity index (χ1n) is 7.19. The first-order chi connectivity index (χ1) is 10.5. The first-order valence-corrected chi connectivity index (χ1v) is 7.19. The zero-order chi connectivity index (χ0) is 15.9. The van der Waals surface area contributed by atoms with Gasteiger partial charge < -0.3 is 10.1 Å². The largest absolute Gasteiger partial charge is 0.489 e. The van der Waals surface area contributed by atoms with Gasteiger partial charge in [-0.15, -0.1) is 0 Å². The zero-order valence-electron chi connectivity index (χ0n) is 12.8. The number of hydrogen-bond donors (Lipinski definition) is 1. The molecule has 6 heteroatoms. The Hall–Kier alpha value is -2.37. The molecule has 0 bridgehead atoms. The fraction of sp³-hybridized carbons (Fsp3) is 0.375. The minimum absolute atomic E-state index is 0.0293. The third-order valence-corrected chi connectivity index (χ3v) is 3.14. The lowest BCUT2D eigenvalue weighted by molar-refractivity contribution is -0.121.